The Bertz CT molecular complexity index is 1590. The van der Waals surface area contributed by atoms with Crippen LogP contribution in [0.5, 0.6) is 17.2 Å². The Hall–Kier alpha value is -4.37. The summed E-state index contributed by atoms with van der Waals surface area (Å²) in [6.45, 7) is 6.67. The van der Waals surface area contributed by atoms with Crippen LogP contribution in [0.4, 0.5) is 5.13 Å². The van der Waals surface area contributed by atoms with Crippen LogP contribution in [0.1, 0.15) is 36.6 Å². The molecule has 1 fully saturated rings. The molecular formula is C30H28N2O6S. The van der Waals surface area contributed by atoms with Gasteiger partial charge in [0.2, 0.25) is 0 Å². The summed E-state index contributed by atoms with van der Waals surface area (Å²) in [7, 11) is 1.52. The second-order valence-corrected chi connectivity index (χ2v) is 9.95. The zero-order chi connectivity index (χ0) is 27.7. The Labute approximate surface area is 230 Å². The number of anilines is 1. The summed E-state index contributed by atoms with van der Waals surface area (Å²) in [5, 5.41) is 11.8. The standard InChI is InChI=1S/C30H28N2O6S/c1-5-37-20-11-8-18(9-12-20)27(33)25-26(19-10-14-22(38-6-2)23(16-19)36-4)32(29(35)28(25)34)30-31-21-13-7-17(3)15-24(21)39-30/h7-16,26,33H,5-6H2,1-4H3. The number of ketones is 1. The van der Waals surface area contributed by atoms with Gasteiger partial charge in [-0.15, -0.1) is 0 Å². The van der Waals surface area contributed by atoms with E-state index in [1.54, 1.807) is 42.5 Å². The predicted octanol–water partition coefficient (Wildman–Crippen LogP) is 6.04. The number of rotatable bonds is 8. The predicted molar refractivity (Wildman–Crippen MR) is 151 cm³/mol. The van der Waals surface area contributed by atoms with Gasteiger partial charge >= 0.3 is 5.91 Å². The number of amides is 1. The van der Waals surface area contributed by atoms with Gasteiger partial charge in [-0.25, -0.2) is 4.98 Å². The van der Waals surface area contributed by atoms with Crippen molar-refractivity contribution in [1.29, 1.82) is 0 Å². The number of aliphatic hydroxyl groups is 1. The van der Waals surface area contributed by atoms with Crippen LogP contribution in [0.25, 0.3) is 16.0 Å². The Kier molecular flexibility index (Phi) is 7.26. The van der Waals surface area contributed by atoms with Gasteiger partial charge in [0, 0.05) is 5.56 Å². The third kappa shape index (κ3) is 4.81. The molecule has 9 heteroatoms. The van der Waals surface area contributed by atoms with E-state index in [2.05, 4.69) is 4.98 Å². The highest BCUT2D eigenvalue weighted by molar-refractivity contribution is 7.22. The Morgan fingerprint density at radius 1 is 0.974 bits per heavy atom. The maximum Gasteiger partial charge on any atom is 0.301 e. The zero-order valence-corrected chi connectivity index (χ0v) is 22.9. The number of hydrogen-bond donors (Lipinski definition) is 1. The highest BCUT2D eigenvalue weighted by atomic mass is 32.1. The molecule has 0 aliphatic carbocycles. The molecule has 1 unspecified atom stereocenters. The molecule has 200 valence electrons. The van der Waals surface area contributed by atoms with Crippen LogP contribution < -0.4 is 19.1 Å². The number of methoxy groups -OCH3 is 1. The number of thiazole rings is 1. The fourth-order valence-corrected chi connectivity index (χ4v) is 5.72. The fourth-order valence-electron chi connectivity index (χ4n) is 4.63. The first kappa shape index (κ1) is 26.2. The summed E-state index contributed by atoms with van der Waals surface area (Å²) in [6.07, 6.45) is 0. The number of fused-ring (bicyclic) bond motifs is 1. The summed E-state index contributed by atoms with van der Waals surface area (Å²) in [6, 6.07) is 16.8. The molecule has 0 saturated carbocycles. The van der Waals surface area contributed by atoms with E-state index in [9.17, 15) is 14.7 Å². The number of aliphatic hydroxyl groups excluding tert-OH is 1. The van der Waals surface area contributed by atoms with Crippen LogP contribution in [-0.2, 0) is 9.59 Å². The minimum atomic E-state index is -0.942. The first-order chi connectivity index (χ1) is 18.9. The lowest BCUT2D eigenvalue weighted by Crippen LogP contribution is -2.29. The van der Waals surface area contributed by atoms with Gasteiger partial charge in [-0.3, -0.25) is 14.5 Å². The van der Waals surface area contributed by atoms with Crippen molar-refractivity contribution in [3.8, 4) is 17.2 Å². The number of aromatic nitrogens is 1. The Morgan fingerprint density at radius 2 is 1.72 bits per heavy atom. The molecule has 39 heavy (non-hydrogen) atoms. The van der Waals surface area contributed by atoms with E-state index in [0.717, 1.165) is 15.8 Å². The largest absolute Gasteiger partial charge is 0.507 e. The van der Waals surface area contributed by atoms with Gasteiger partial charge in [0.25, 0.3) is 5.78 Å². The van der Waals surface area contributed by atoms with Gasteiger partial charge in [-0.2, -0.15) is 0 Å². The number of hydrogen-bond acceptors (Lipinski definition) is 8. The van der Waals surface area contributed by atoms with Crippen molar-refractivity contribution in [3.05, 3.63) is 82.9 Å². The number of aryl methyl sites for hydroxylation is 1. The zero-order valence-electron chi connectivity index (χ0n) is 22.1. The number of nitrogens with zero attached hydrogens (tertiary/aromatic N) is 2. The van der Waals surface area contributed by atoms with Crippen LogP contribution in [0, 0.1) is 6.92 Å². The van der Waals surface area contributed by atoms with E-state index in [1.165, 1.54) is 23.3 Å². The smallest absolute Gasteiger partial charge is 0.301 e. The molecule has 5 rings (SSSR count). The molecule has 1 amide bonds. The fraction of sp³-hybridized carbons (Fsp3) is 0.233. The van der Waals surface area contributed by atoms with Crippen molar-refractivity contribution >= 4 is 44.1 Å². The molecule has 1 aliphatic rings. The minimum Gasteiger partial charge on any atom is -0.507 e. The normalized spacial score (nSPS) is 16.6. The van der Waals surface area contributed by atoms with Crippen molar-refractivity contribution in [1.82, 2.24) is 4.98 Å². The van der Waals surface area contributed by atoms with Crippen LogP contribution in [0.3, 0.4) is 0 Å². The van der Waals surface area contributed by atoms with Crippen molar-refractivity contribution in [2.24, 2.45) is 0 Å². The van der Waals surface area contributed by atoms with E-state index >= 15 is 0 Å². The average molecular weight is 545 g/mol. The number of Topliss-reactive ketones (excluding diaryl/α,β-unsaturated/α-hetero) is 1. The van der Waals surface area contributed by atoms with Gasteiger partial charge in [0.15, 0.2) is 16.6 Å². The van der Waals surface area contributed by atoms with Crippen molar-refractivity contribution < 1.29 is 28.9 Å². The van der Waals surface area contributed by atoms with E-state index in [4.69, 9.17) is 14.2 Å². The van der Waals surface area contributed by atoms with Gasteiger partial charge < -0.3 is 19.3 Å². The minimum absolute atomic E-state index is 0.0363. The van der Waals surface area contributed by atoms with Gasteiger partial charge in [-0.1, -0.05) is 23.5 Å². The SMILES string of the molecule is CCOc1ccc(C(O)=C2C(=O)C(=O)N(c3nc4ccc(C)cc4s3)C2c2ccc(OCC)c(OC)c2)cc1. The maximum absolute atomic E-state index is 13.6. The molecule has 1 saturated heterocycles. The molecule has 0 spiro atoms. The second-order valence-electron chi connectivity index (χ2n) is 8.94. The molecule has 1 aliphatic heterocycles. The average Bonchev–Trinajstić information content (AvgIpc) is 3.46. The van der Waals surface area contributed by atoms with Gasteiger partial charge in [0.1, 0.15) is 11.5 Å². The first-order valence-electron chi connectivity index (χ1n) is 12.6. The lowest BCUT2D eigenvalue weighted by molar-refractivity contribution is -0.132. The van der Waals surface area contributed by atoms with Crippen molar-refractivity contribution in [2.75, 3.05) is 25.2 Å². The topological polar surface area (TPSA) is 98.2 Å². The highest BCUT2D eigenvalue weighted by Crippen LogP contribution is 2.46. The lowest BCUT2D eigenvalue weighted by atomic mass is 9.95. The summed E-state index contributed by atoms with van der Waals surface area (Å²) >= 11 is 1.32. The Morgan fingerprint density at radius 3 is 2.41 bits per heavy atom. The van der Waals surface area contributed by atoms with Crippen LogP contribution in [0.2, 0.25) is 0 Å². The molecule has 1 atom stereocenters. The quantitative estimate of drug-likeness (QED) is 0.164. The van der Waals surface area contributed by atoms with Crippen molar-refractivity contribution in [3.63, 3.8) is 0 Å². The molecule has 4 aromatic rings. The van der Waals surface area contributed by atoms with Crippen LogP contribution in [-0.4, -0.2) is 42.1 Å². The number of carbonyl (C=O) groups is 2. The summed E-state index contributed by atoms with van der Waals surface area (Å²) in [5.41, 5.74) is 2.70. The molecule has 8 nitrogen and oxygen atoms in total. The molecular weight excluding hydrogens is 516 g/mol. The molecule has 0 bridgehead atoms. The van der Waals surface area contributed by atoms with E-state index < -0.39 is 17.7 Å². The first-order valence-corrected chi connectivity index (χ1v) is 13.4. The molecule has 0 radical (unpaired) electrons. The number of benzene rings is 3. The molecule has 1 N–H and O–H groups in total. The van der Waals surface area contributed by atoms with Crippen LogP contribution in [0.15, 0.2) is 66.2 Å². The molecule has 1 aromatic heterocycles. The van der Waals surface area contributed by atoms with E-state index in [-0.39, 0.29) is 11.3 Å². The monoisotopic (exact) mass is 544 g/mol. The summed E-state index contributed by atoms with van der Waals surface area (Å²) in [4.78, 5) is 33.1. The van der Waals surface area contributed by atoms with E-state index in [1.807, 2.05) is 39.0 Å². The summed E-state index contributed by atoms with van der Waals surface area (Å²) < 4.78 is 17.6. The van der Waals surface area contributed by atoms with E-state index in [0.29, 0.717) is 46.7 Å². The number of carbonyl (C=O) groups excluding carboxylic acids is 2. The highest BCUT2D eigenvalue weighted by Gasteiger charge is 2.48. The lowest BCUT2D eigenvalue weighted by Gasteiger charge is -2.24. The third-order valence-corrected chi connectivity index (χ3v) is 7.44. The maximum atomic E-state index is 13.6. The second kappa shape index (κ2) is 10.8. The third-order valence-electron chi connectivity index (χ3n) is 6.43. The number of ether oxygens (including phenoxy) is 3. The summed E-state index contributed by atoms with van der Waals surface area (Å²) in [5.74, 6) is -0.241. The Balaban J connectivity index is 1.70. The van der Waals surface area contributed by atoms with Crippen molar-refractivity contribution in [2.45, 2.75) is 26.8 Å². The molecule has 3 aromatic carbocycles. The van der Waals surface area contributed by atoms with Gasteiger partial charge in [0.05, 0.1) is 42.2 Å². The van der Waals surface area contributed by atoms with Crippen LogP contribution >= 0.6 is 11.3 Å². The van der Waals surface area contributed by atoms with Gasteiger partial charge in [-0.05, 0) is 80.4 Å². The molecule has 2 heterocycles.